The van der Waals surface area contributed by atoms with E-state index in [0.29, 0.717) is 4.48 Å². The summed E-state index contributed by atoms with van der Waals surface area (Å²) in [5.41, 5.74) is -0.382. The summed E-state index contributed by atoms with van der Waals surface area (Å²) < 4.78 is 0.431. The van der Waals surface area contributed by atoms with E-state index in [0.717, 1.165) is 0 Å². The second-order valence-electron chi connectivity index (χ2n) is 5.74. The SMILES string of the molecule is CC(C)CC(=O)C(CC(Cl)[N+](C)(C)C)C(=O)O. The molecule has 0 saturated heterocycles. The van der Waals surface area contributed by atoms with Crippen LogP contribution >= 0.6 is 11.6 Å². The van der Waals surface area contributed by atoms with Gasteiger partial charge in [0.15, 0.2) is 5.50 Å². The third-order valence-corrected chi connectivity index (χ3v) is 3.33. The largest absolute Gasteiger partial charge is 0.481 e. The van der Waals surface area contributed by atoms with Gasteiger partial charge < -0.3 is 9.59 Å². The molecule has 4 nitrogen and oxygen atoms in total. The van der Waals surface area contributed by atoms with Crippen molar-refractivity contribution in [2.75, 3.05) is 21.1 Å². The predicted octanol–water partition coefficient (Wildman–Crippen LogP) is 1.96. The number of Topliss-reactive ketones (excluding diaryl/α,β-unsaturated/α-hetero) is 1. The molecule has 0 aliphatic rings. The second kappa shape index (κ2) is 6.36. The van der Waals surface area contributed by atoms with Crippen molar-refractivity contribution in [3.8, 4) is 0 Å². The summed E-state index contributed by atoms with van der Waals surface area (Å²) in [5, 5.41) is 9.08. The van der Waals surface area contributed by atoms with Gasteiger partial charge in [-0.3, -0.25) is 9.59 Å². The Bertz CT molecular complexity index is 284. The van der Waals surface area contributed by atoms with Gasteiger partial charge in [0.05, 0.1) is 21.1 Å². The Kier molecular flexibility index (Phi) is 6.13. The number of carbonyl (C=O) groups excluding carboxylic acids is 1. The molecule has 0 aromatic heterocycles. The first-order valence-corrected chi connectivity index (χ1v) is 6.20. The van der Waals surface area contributed by atoms with Crippen LogP contribution in [-0.4, -0.2) is 48.0 Å². The summed E-state index contributed by atoms with van der Waals surface area (Å²) in [6, 6.07) is 0. The number of carbonyl (C=O) groups is 2. The number of carboxylic acid groups (broad SMARTS) is 1. The van der Waals surface area contributed by atoms with Gasteiger partial charge in [0, 0.05) is 12.8 Å². The molecule has 1 N–H and O–H groups in total. The molecule has 2 unspecified atom stereocenters. The van der Waals surface area contributed by atoms with E-state index in [1.165, 1.54) is 0 Å². The van der Waals surface area contributed by atoms with Gasteiger partial charge in [-0.15, -0.1) is 0 Å². The van der Waals surface area contributed by atoms with Gasteiger partial charge in [0.25, 0.3) is 0 Å². The first-order valence-electron chi connectivity index (χ1n) is 5.76. The van der Waals surface area contributed by atoms with E-state index in [2.05, 4.69) is 0 Å². The predicted molar refractivity (Wildman–Crippen MR) is 67.9 cm³/mol. The zero-order valence-corrected chi connectivity index (χ0v) is 12.0. The standard InChI is InChI=1S/C12H22ClNO3/c1-8(2)6-10(15)9(12(16)17)7-11(13)14(3,4)5/h8-9,11H,6-7H2,1-5H3/p+1. The van der Waals surface area contributed by atoms with Crippen LogP contribution in [0.2, 0.25) is 0 Å². The van der Waals surface area contributed by atoms with Gasteiger partial charge in [-0.05, 0) is 5.92 Å². The van der Waals surface area contributed by atoms with Gasteiger partial charge in [0.1, 0.15) is 11.7 Å². The van der Waals surface area contributed by atoms with E-state index in [4.69, 9.17) is 16.7 Å². The minimum Gasteiger partial charge on any atom is -0.481 e. The van der Waals surface area contributed by atoms with Crippen molar-refractivity contribution in [2.45, 2.75) is 32.2 Å². The molecule has 17 heavy (non-hydrogen) atoms. The molecule has 5 heteroatoms. The molecule has 0 fully saturated rings. The molecule has 0 amide bonds. The number of hydrogen-bond acceptors (Lipinski definition) is 2. The lowest BCUT2D eigenvalue weighted by Crippen LogP contribution is -2.44. The van der Waals surface area contributed by atoms with Crippen molar-refractivity contribution in [2.24, 2.45) is 11.8 Å². The second-order valence-corrected chi connectivity index (χ2v) is 6.25. The normalized spacial score (nSPS) is 15.7. The highest BCUT2D eigenvalue weighted by Gasteiger charge is 2.33. The number of alkyl halides is 1. The highest BCUT2D eigenvalue weighted by Crippen LogP contribution is 2.21. The monoisotopic (exact) mass is 264 g/mol. The summed E-state index contributed by atoms with van der Waals surface area (Å²) >= 11 is 6.13. The van der Waals surface area contributed by atoms with Crippen LogP contribution in [0.15, 0.2) is 0 Å². The highest BCUT2D eigenvalue weighted by atomic mass is 35.5. The summed E-state index contributed by atoms with van der Waals surface area (Å²) in [5.74, 6) is -2.12. The minimum atomic E-state index is -1.07. The average Bonchev–Trinajstić information content (AvgIpc) is 2.09. The van der Waals surface area contributed by atoms with E-state index in [9.17, 15) is 9.59 Å². The molecule has 0 radical (unpaired) electrons. The lowest BCUT2D eigenvalue weighted by Gasteiger charge is -2.30. The molecule has 100 valence electrons. The molecular weight excluding hydrogens is 242 g/mol. The number of hydrogen-bond donors (Lipinski definition) is 1. The Morgan fingerprint density at radius 2 is 1.71 bits per heavy atom. The van der Waals surface area contributed by atoms with Crippen LogP contribution in [0.1, 0.15) is 26.7 Å². The van der Waals surface area contributed by atoms with E-state index in [1.54, 1.807) is 0 Å². The maximum Gasteiger partial charge on any atom is 0.314 e. The highest BCUT2D eigenvalue weighted by molar-refractivity contribution is 6.20. The molecule has 0 rings (SSSR count). The molecule has 0 spiro atoms. The molecule has 0 aromatic rings. The third kappa shape index (κ3) is 6.03. The van der Waals surface area contributed by atoms with Crippen molar-refractivity contribution in [3.63, 3.8) is 0 Å². The Hall–Kier alpha value is -0.610. The maximum absolute atomic E-state index is 11.8. The quantitative estimate of drug-likeness (QED) is 0.331. The fourth-order valence-electron chi connectivity index (χ4n) is 1.43. The average molecular weight is 265 g/mol. The molecule has 0 heterocycles. The lowest BCUT2D eigenvalue weighted by molar-refractivity contribution is -0.883. The molecule has 0 aliphatic carbocycles. The van der Waals surface area contributed by atoms with Gasteiger partial charge in [-0.1, -0.05) is 25.4 Å². The van der Waals surface area contributed by atoms with Crippen LogP contribution in [0.4, 0.5) is 0 Å². The number of aliphatic carboxylic acids is 1. The molecule has 0 aromatic carbocycles. The van der Waals surface area contributed by atoms with Crippen molar-refractivity contribution in [1.29, 1.82) is 0 Å². The maximum atomic E-state index is 11.8. The number of carboxylic acids is 1. The van der Waals surface area contributed by atoms with E-state index >= 15 is 0 Å². The molecule has 2 atom stereocenters. The van der Waals surface area contributed by atoms with E-state index in [1.807, 2.05) is 35.0 Å². The number of quaternary nitrogens is 1. The summed E-state index contributed by atoms with van der Waals surface area (Å²) in [6.45, 7) is 3.80. The Morgan fingerprint density at radius 1 is 1.24 bits per heavy atom. The van der Waals surface area contributed by atoms with Crippen LogP contribution in [-0.2, 0) is 9.59 Å². The first kappa shape index (κ1) is 16.4. The van der Waals surface area contributed by atoms with E-state index < -0.39 is 11.9 Å². The fourth-order valence-corrected chi connectivity index (χ4v) is 1.60. The summed E-state index contributed by atoms with van der Waals surface area (Å²) in [7, 11) is 5.64. The van der Waals surface area contributed by atoms with E-state index in [-0.39, 0.29) is 30.0 Å². The number of halogens is 1. The minimum absolute atomic E-state index is 0.169. The van der Waals surface area contributed by atoms with Gasteiger partial charge in [-0.25, -0.2) is 0 Å². The van der Waals surface area contributed by atoms with Crippen molar-refractivity contribution < 1.29 is 19.2 Å². The third-order valence-electron chi connectivity index (χ3n) is 2.57. The van der Waals surface area contributed by atoms with Gasteiger partial charge in [-0.2, -0.15) is 0 Å². The topological polar surface area (TPSA) is 54.4 Å². The summed E-state index contributed by atoms with van der Waals surface area (Å²) in [6.07, 6.45) is 0.462. The van der Waals surface area contributed by atoms with Crippen molar-refractivity contribution >= 4 is 23.4 Å². The Morgan fingerprint density at radius 3 is 2.00 bits per heavy atom. The van der Waals surface area contributed by atoms with Gasteiger partial charge in [0.2, 0.25) is 0 Å². The zero-order valence-electron chi connectivity index (χ0n) is 11.2. The van der Waals surface area contributed by atoms with Crippen molar-refractivity contribution in [1.82, 2.24) is 0 Å². The lowest BCUT2D eigenvalue weighted by atomic mass is 9.93. The number of nitrogens with zero attached hydrogens (tertiary/aromatic N) is 1. The zero-order chi connectivity index (χ0) is 13.8. The van der Waals surface area contributed by atoms with Crippen LogP contribution in [0.25, 0.3) is 0 Å². The molecular formula is C12H23ClNO3+. The molecule has 0 saturated carbocycles. The van der Waals surface area contributed by atoms with Crippen LogP contribution in [0.5, 0.6) is 0 Å². The molecule has 0 bridgehead atoms. The Labute approximate surface area is 108 Å². The van der Waals surface area contributed by atoms with Crippen molar-refractivity contribution in [3.05, 3.63) is 0 Å². The Balaban J connectivity index is 4.66. The smallest absolute Gasteiger partial charge is 0.314 e. The van der Waals surface area contributed by atoms with Crippen LogP contribution < -0.4 is 0 Å². The molecule has 0 aliphatic heterocycles. The first-order chi connectivity index (χ1) is 7.55. The van der Waals surface area contributed by atoms with Crippen LogP contribution in [0.3, 0.4) is 0 Å². The summed E-state index contributed by atoms with van der Waals surface area (Å²) in [4.78, 5) is 22.9. The number of ketones is 1. The van der Waals surface area contributed by atoms with Crippen LogP contribution in [0, 0.1) is 11.8 Å². The fraction of sp³-hybridized carbons (Fsp3) is 0.833. The van der Waals surface area contributed by atoms with Gasteiger partial charge >= 0.3 is 5.97 Å². The number of rotatable bonds is 7.